The highest BCUT2D eigenvalue weighted by atomic mass is 16.5. The molecule has 0 amide bonds. The lowest BCUT2D eigenvalue weighted by Gasteiger charge is -2.52. The lowest BCUT2D eigenvalue weighted by atomic mass is 9.52. The lowest BCUT2D eigenvalue weighted by molar-refractivity contribution is 0.0642. The number of nitrogens with zero attached hydrogens (tertiary/aromatic N) is 1. The summed E-state index contributed by atoms with van der Waals surface area (Å²) in [6.07, 6.45) is 8.99. The van der Waals surface area contributed by atoms with Crippen LogP contribution in [0.3, 0.4) is 0 Å². The summed E-state index contributed by atoms with van der Waals surface area (Å²) < 4.78 is 25.2. The van der Waals surface area contributed by atoms with Crippen LogP contribution in [0, 0.1) is 10.8 Å². The number of ether oxygens (including phenoxy) is 4. The first-order valence-electron chi connectivity index (χ1n) is 18.7. The maximum atomic E-state index is 7.76. The monoisotopic (exact) mass is 691 g/mol. The van der Waals surface area contributed by atoms with E-state index in [1.165, 1.54) is 50.9 Å². The first kappa shape index (κ1) is 33.0. The molecule has 9 rings (SSSR count). The molecule has 2 aliphatic carbocycles. The van der Waals surface area contributed by atoms with E-state index in [1.54, 1.807) is 21.3 Å². The molecule has 5 aromatic carbocycles. The molecule has 2 heterocycles. The minimum absolute atomic E-state index is 0.148. The van der Waals surface area contributed by atoms with E-state index in [1.807, 2.05) is 24.3 Å². The molecule has 0 atom stereocenters. The summed E-state index contributed by atoms with van der Waals surface area (Å²) in [6, 6.07) is 28.2. The SMILES string of the molecule is COc1ccc(C2(c3ccc(OC)cc3)C=Cc3c4c(c5c6c(c(OC)cc5c3O2)N(C)CC6)-c2ccccc2C42CC(C)(C)CC(C)(C)C2)cc1. The van der Waals surface area contributed by atoms with Gasteiger partial charge in [-0.3, -0.25) is 0 Å². The quantitative estimate of drug-likeness (QED) is 0.183. The highest BCUT2D eigenvalue weighted by Crippen LogP contribution is 2.67. The van der Waals surface area contributed by atoms with E-state index in [2.05, 4.69) is 106 Å². The maximum absolute atomic E-state index is 7.76. The minimum Gasteiger partial charge on any atom is -0.497 e. The standard InChI is InChI=1S/C47H49NO4/c1-44(2)26-45(3,4)28-46(27-44)37-12-10-9-11-33(37)40-39-34-22-24-48(5)42(34)38(51-8)25-36(39)43-35(41(40)46)21-23-47(52-43,29-13-17-31(49-6)18-14-29)30-15-19-32(50-7)20-16-30/h9-21,23,25H,22,24,26-28H2,1-8H3. The van der Waals surface area contributed by atoms with Crippen LogP contribution < -0.4 is 23.8 Å². The number of methoxy groups -OCH3 is 3. The third kappa shape index (κ3) is 4.60. The van der Waals surface area contributed by atoms with Crippen molar-refractivity contribution >= 4 is 22.5 Å². The smallest absolute Gasteiger partial charge is 0.178 e. The Kier molecular flexibility index (Phi) is 7.16. The van der Waals surface area contributed by atoms with Gasteiger partial charge in [0.25, 0.3) is 0 Å². The van der Waals surface area contributed by atoms with Gasteiger partial charge in [0.15, 0.2) is 5.60 Å². The van der Waals surface area contributed by atoms with Crippen LogP contribution in [0.5, 0.6) is 23.0 Å². The molecule has 1 fully saturated rings. The molecule has 1 saturated carbocycles. The maximum Gasteiger partial charge on any atom is 0.178 e. The fourth-order valence-electron chi connectivity index (χ4n) is 11.2. The zero-order valence-corrected chi connectivity index (χ0v) is 31.8. The molecule has 266 valence electrons. The van der Waals surface area contributed by atoms with E-state index >= 15 is 0 Å². The second-order valence-corrected chi connectivity index (χ2v) is 17.1. The van der Waals surface area contributed by atoms with Crippen molar-refractivity contribution in [1.29, 1.82) is 0 Å². The molecule has 52 heavy (non-hydrogen) atoms. The lowest BCUT2D eigenvalue weighted by Crippen LogP contribution is -2.44. The van der Waals surface area contributed by atoms with E-state index in [9.17, 15) is 0 Å². The van der Waals surface area contributed by atoms with Gasteiger partial charge in [-0.1, -0.05) is 82.3 Å². The summed E-state index contributed by atoms with van der Waals surface area (Å²) in [5.74, 6) is 3.43. The Morgan fingerprint density at radius 3 is 1.94 bits per heavy atom. The molecular weight excluding hydrogens is 643 g/mol. The fraction of sp³-hybridized carbons (Fsp3) is 0.362. The molecule has 4 aliphatic rings. The molecule has 0 unspecified atom stereocenters. The molecule has 1 spiro atoms. The van der Waals surface area contributed by atoms with Gasteiger partial charge in [0.2, 0.25) is 0 Å². The van der Waals surface area contributed by atoms with Gasteiger partial charge >= 0.3 is 0 Å². The van der Waals surface area contributed by atoms with Crippen LogP contribution in [0.1, 0.15) is 80.3 Å². The van der Waals surface area contributed by atoms with Gasteiger partial charge in [0.1, 0.15) is 23.0 Å². The van der Waals surface area contributed by atoms with Gasteiger partial charge in [-0.15, -0.1) is 0 Å². The average molecular weight is 692 g/mol. The Morgan fingerprint density at radius 2 is 1.35 bits per heavy atom. The van der Waals surface area contributed by atoms with Gasteiger partial charge in [-0.05, 0) is 106 Å². The molecule has 0 N–H and O–H groups in total. The number of rotatable bonds is 5. The van der Waals surface area contributed by atoms with Crippen LogP contribution >= 0.6 is 0 Å². The van der Waals surface area contributed by atoms with Crippen molar-refractivity contribution in [2.75, 3.05) is 39.8 Å². The van der Waals surface area contributed by atoms with Crippen molar-refractivity contribution in [3.05, 3.63) is 118 Å². The molecule has 5 nitrogen and oxygen atoms in total. The Labute approximate surface area is 308 Å². The van der Waals surface area contributed by atoms with Crippen molar-refractivity contribution < 1.29 is 18.9 Å². The van der Waals surface area contributed by atoms with E-state index in [0.29, 0.717) is 0 Å². The van der Waals surface area contributed by atoms with Crippen molar-refractivity contribution in [2.45, 2.75) is 64.4 Å². The summed E-state index contributed by atoms with van der Waals surface area (Å²) in [5.41, 5.74) is 10.7. The molecule has 0 radical (unpaired) electrons. The number of hydrogen-bond donors (Lipinski definition) is 0. The molecule has 5 aromatic rings. The number of likely N-dealkylation sites (N-methyl/N-ethyl adjacent to an activating group) is 1. The second kappa shape index (κ2) is 11.3. The summed E-state index contributed by atoms with van der Waals surface area (Å²) >= 11 is 0. The van der Waals surface area contributed by atoms with Crippen LogP contribution in [-0.4, -0.2) is 34.9 Å². The van der Waals surface area contributed by atoms with E-state index in [-0.39, 0.29) is 16.2 Å². The normalized spacial score (nSPS) is 19.4. The number of hydrogen-bond acceptors (Lipinski definition) is 5. The van der Waals surface area contributed by atoms with Crippen molar-refractivity contribution in [3.63, 3.8) is 0 Å². The first-order valence-corrected chi connectivity index (χ1v) is 18.7. The van der Waals surface area contributed by atoms with Gasteiger partial charge in [0, 0.05) is 41.1 Å². The second-order valence-electron chi connectivity index (χ2n) is 17.1. The van der Waals surface area contributed by atoms with Crippen LogP contribution in [0.4, 0.5) is 5.69 Å². The van der Waals surface area contributed by atoms with E-state index < -0.39 is 5.60 Å². The Balaban J connectivity index is 1.42. The molecule has 2 aliphatic heterocycles. The van der Waals surface area contributed by atoms with E-state index in [0.717, 1.165) is 65.3 Å². The van der Waals surface area contributed by atoms with Gasteiger partial charge < -0.3 is 23.8 Å². The Bertz CT molecular complexity index is 2220. The van der Waals surface area contributed by atoms with Crippen LogP contribution in [0.15, 0.2) is 84.9 Å². The predicted molar refractivity (Wildman–Crippen MR) is 212 cm³/mol. The third-order valence-electron chi connectivity index (χ3n) is 12.4. The molecule has 0 bridgehead atoms. The van der Waals surface area contributed by atoms with Crippen molar-refractivity contribution in [3.8, 4) is 34.1 Å². The van der Waals surface area contributed by atoms with E-state index in [4.69, 9.17) is 18.9 Å². The topological polar surface area (TPSA) is 40.2 Å². The largest absolute Gasteiger partial charge is 0.497 e. The summed E-state index contributed by atoms with van der Waals surface area (Å²) in [5, 5.41) is 2.42. The zero-order chi connectivity index (χ0) is 36.2. The fourth-order valence-corrected chi connectivity index (χ4v) is 11.2. The highest BCUT2D eigenvalue weighted by Gasteiger charge is 2.56. The summed E-state index contributed by atoms with van der Waals surface area (Å²) in [4.78, 5) is 2.36. The van der Waals surface area contributed by atoms with Gasteiger partial charge in [0.05, 0.1) is 27.0 Å². The van der Waals surface area contributed by atoms with Gasteiger partial charge in [-0.25, -0.2) is 0 Å². The van der Waals surface area contributed by atoms with Crippen LogP contribution in [-0.2, 0) is 17.4 Å². The van der Waals surface area contributed by atoms with Crippen molar-refractivity contribution in [1.82, 2.24) is 0 Å². The number of fused-ring (bicyclic) bond motifs is 12. The Hall–Kier alpha value is -4.90. The number of benzene rings is 5. The number of anilines is 1. The summed E-state index contributed by atoms with van der Waals surface area (Å²) in [7, 11) is 7.40. The van der Waals surface area contributed by atoms with Crippen molar-refractivity contribution in [2.24, 2.45) is 10.8 Å². The molecule has 0 saturated heterocycles. The predicted octanol–water partition coefficient (Wildman–Crippen LogP) is 10.7. The molecular formula is C47H49NO4. The third-order valence-corrected chi connectivity index (χ3v) is 12.4. The van der Waals surface area contributed by atoms with Crippen LogP contribution in [0.2, 0.25) is 0 Å². The van der Waals surface area contributed by atoms with Crippen LogP contribution in [0.25, 0.3) is 28.0 Å². The average Bonchev–Trinajstić information content (AvgIpc) is 3.65. The molecule has 0 aromatic heterocycles. The van der Waals surface area contributed by atoms with Gasteiger partial charge in [-0.2, -0.15) is 0 Å². The summed E-state index contributed by atoms with van der Waals surface area (Å²) in [6.45, 7) is 10.9. The highest BCUT2D eigenvalue weighted by molar-refractivity contribution is 6.13. The Morgan fingerprint density at radius 1 is 0.731 bits per heavy atom. The zero-order valence-electron chi connectivity index (χ0n) is 31.8. The minimum atomic E-state index is -0.903. The first-order chi connectivity index (χ1) is 24.9. The molecule has 5 heteroatoms.